The van der Waals surface area contributed by atoms with E-state index in [9.17, 15) is 9.59 Å². The number of anilines is 1. The van der Waals surface area contributed by atoms with Gasteiger partial charge < -0.3 is 14.5 Å². The Bertz CT molecular complexity index is 1340. The number of para-hydroxylation sites is 1. The molecule has 0 bridgehead atoms. The van der Waals surface area contributed by atoms with Crippen LogP contribution >= 0.6 is 11.3 Å². The molecule has 0 saturated heterocycles. The number of nitrogens with one attached hydrogen (secondary N) is 2. The number of hydrogen-bond donors (Lipinski definition) is 2. The molecule has 0 atom stereocenters. The minimum Gasteiger partial charge on any atom is -0.454 e. The molecule has 3 heterocycles. The third-order valence-corrected chi connectivity index (χ3v) is 5.98. The largest absolute Gasteiger partial charge is 0.454 e. The van der Waals surface area contributed by atoms with Gasteiger partial charge in [0.1, 0.15) is 0 Å². The number of carbonyl (C=O) groups is 1. The van der Waals surface area contributed by atoms with Crippen molar-refractivity contribution in [2.45, 2.75) is 13.3 Å². The quantitative estimate of drug-likeness (QED) is 0.524. The summed E-state index contributed by atoms with van der Waals surface area (Å²) in [6.45, 7) is 2.16. The van der Waals surface area contributed by atoms with Crippen LogP contribution in [-0.4, -0.2) is 22.7 Å². The van der Waals surface area contributed by atoms with Crippen molar-refractivity contribution in [1.82, 2.24) is 9.97 Å². The molecule has 0 fully saturated rings. The summed E-state index contributed by atoms with van der Waals surface area (Å²) in [5, 5.41) is 4.02. The number of aryl methyl sites for hydroxylation is 1. The van der Waals surface area contributed by atoms with E-state index in [0.29, 0.717) is 28.0 Å². The van der Waals surface area contributed by atoms with Crippen LogP contribution in [0.15, 0.2) is 53.3 Å². The van der Waals surface area contributed by atoms with E-state index in [1.807, 2.05) is 37.3 Å². The second-order valence-electron chi connectivity index (χ2n) is 6.94. The van der Waals surface area contributed by atoms with Crippen molar-refractivity contribution in [3.63, 3.8) is 0 Å². The van der Waals surface area contributed by atoms with E-state index in [2.05, 4.69) is 15.3 Å². The number of aromatic nitrogens is 2. The maximum absolute atomic E-state index is 12.9. The van der Waals surface area contributed by atoms with Gasteiger partial charge in [-0.3, -0.25) is 14.9 Å². The number of H-pyrrole nitrogens is 1. The highest BCUT2D eigenvalue weighted by Crippen LogP contribution is 2.34. The van der Waals surface area contributed by atoms with Crippen molar-refractivity contribution in [2.75, 3.05) is 12.1 Å². The molecular weight excluding hydrogens is 402 g/mol. The predicted octanol–water partition coefficient (Wildman–Crippen LogP) is 3.86. The Morgan fingerprint density at radius 2 is 2.00 bits per heavy atom. The molecule has 2 N–H and O–H groups in total. The van der Waals surface area contributed by atoms with Gasteiger partial charge in [0.15, 0.2) is 16.6 Å². The first-order valence-corrected chi connectivity index (χ1v) is 10.2. The van der Waals surface area contributed by atoms with Gasteiger partial charge in [0.2, 0.25) is 12.4 Å². The molecule has 0 saturated carbocycles. The fourth-order valence-electron chi connectivity index (χ4n) is 3.44. The molecule has 150 valence electrons. The van der Waals surface area contributed by atoms with Crippen LogP contribution < -0.4 is 20.3 Å². The summed E-state index contributed by atoms with van der Waals surface area (Å²) in [6.07, 6.45) is 0.671. The van der Waals surface area contributed by atoms with Crippen LogP contribution in [0.2, 0.25) is 0 Å². The number of benzene rings is 2. The van der Waals surface area contributed by atoms with Crippen LogP contribution in [0.3, 0.4) is 0 Å². The van der Waals surface area contributed by atoms with Gasteiger partial charge in [0, 0.05) is 28.3 Å². The van der Waals surface area contributed by atoms with Gasteiger partial charge in [0.25, 0.3) is 5.91 Å². The van der Waals surface area contributed by atoms with Crippen LogP contribution in [0.5, 0.6) is 11.5 Å². The van der Waals surface area contributed by atoms with Gasteiger partial charge in [-0.25, -0.2) is 4.98 Å². The third-order valence-electron chi connectivity index (χ3n) is 4.91. The zero-order chi connectivity index (χ0) is 20.7. The Hall–Kier alpha value is -3.65. The predicted molar refractivity (Wildman–Crippen MR) is 115 cm³/mol. The Balaban J connectivity index is 1.39. The topological polar surface area (TPSA) is 93.3 Å². The van der Waals surface area contributed by atoms with Gasteiger partial charge in [-0.1, -0.05) is 24.3 Å². The number of hydrogen-bond acceptors (Lipinski definition) is 6. The van der Waals surface area contributed by atoms with Crippen LogP contribution in [0.25, 0.3) is 10.9 Å². The molecule has 7 nitrogen and oxygen atoms in total. The molecule has 2 aromatic heterocycles. The molecule has 8 heteroatoms. The summed E-state index contributed by atoms with van der Waals surface area (Å²) in [4.78, 5) is 33.1. The van der Waals surface area contributed by atoms with Crippen molar-refractivity contribution >= 4 is 33.3 Å². The number of carbonyl (C=O) groups excluding carboxylic acids is 1. The van der Waals surface area contributed by atoms with Crippen molar-refractivity contribution < 1.29 is 14.3 Å². The normalized spacial score (nSPS) is 12.3. The second-order valence-corrected chi connectivity index (χ2v) is 8.02. The minimum absolute atomic E-state index is 0.242. The maximum Gasteiger partial charge on any atom is 0.258 e. The van der Waals surface area contributed by atoms with Gasteiger partial charge in [-0.2, -0.15) is 0 Å². The maximum atomic E-state index is 12.9. The third kappa shape index (κ3) is 3.42. The summed E-state index contributed by atoms with van der Waals surface area (Å²) < 4.78 is 10.8. The lowest BCUT2D eigenvalue weighted by molar-refractivity contribution is 0.102. The Morgan fingerprint density at radius 1 is 1.17 bits per heavy atom. The molecule has 0 aliphatic carbocycles. The highest BCUT2D eigenvalue weighted by atomic mass is 32.1. The van der Waals surface area contributed by atoms with Crippen LogP contribution in [0.1, 0.15) is 26.5 Å². The van der Waals surface area contributed by atoms with Crippen LogP contribution in [0, 0.1) is 6.92 Å². The van der Waals surface area contributed by atoms with E-state index in [1.54, 1.807) is 12.1 Å². The standard InChI is InChI=1S/C22H17N3O4S/c1-12-19(9-13-6-7-17-18(8-13)29-11-28-17)30-22(23-12)25-21(27)15-10-20(26)24-16-5-3-2-4-14(15)16/h2-8,10H,9,11H2,1H3,(H,24,26)(H,23,25,27). The smallest absolute Gasteiger partial charge is 0.258 e. The van der Waals surface area contributed by atoms with Gasteiger partial charge in [-0.15, -0.1) is 11.3 Å². The number of aromatic amines is 1. The number of rotatable bonds is 4. The molecule has 4 aromatic rings. The molecular formula is C22H17N3O4S. The molecule has 0 spiro atoms. The van der Waals surface area contributed by atoms with Crippen molar-refractivity contribution in [3.05, 3.63) is 80.6 Å². The van der Waals surface area contributed by atoms with Crippen molar-refractivity contribution in [2.24, 2.45) is 0 Å². The molecule has 0 radical (unpaired) electrons. The first-order valence-electron chi connectivity index (χ1n) is 9.35. The van der Waals surface area contributed by atoms with E-state index in [1.165, 1.54) is 17.4 Å². The monoisotopic (exact) mass is 419 g/mol. The summed E-state index contributed by atoms with van der Waals surface area (Å²) in [5.74, 6) is 1.13. The molecule has 5 rings (SSSR count). The number of amides is 1. The van der Waals surface area contributed by atoms with Gasteiger partial charge in [0.05, 0.1) is 11.3 Å². The van der Waals surface area contributed by atoms with Crippen molar-refractivity contribution in [3.8, 4) is 11.5 Å². The van der Waals surface area contributed by atoms with Gasteiger partial charge >= 0.3 is 0 Å². The Labute approximate surface area is 175 Å². The van der Waals surface area contributed by atoms with E-state index in [-0.39, 0.29) is 18.3 Å². The highest BCUT2D eigenvalue weighted by Gasteiger charge is 2.17. The average Bonchev–Trinajstić information content (AvgIpc) is 3.33. The zero-order valence-electron chi connectivity index (χ0n) is 16.0. The molecule has 1 amide bonds. The minimum atomic E-state index is -0.360. The Morgan fingerprint density at radius 3 is 2.90 bits per heavy atom. The summed E-state index contributed by atoms with van der Waals surface area (Å²) in [5.41, 5.74) is 2.54. The number of thiazole rings is 1. The lowest BCUT2D eigenvalue weighted by Gasteiger charge is -2.05. The molecule has 1 aliphatic heterocycles. The van der Waals surface area contributed by atoms with E-state index >= 15 is 0 Å². The fourth-order valence-corrected chi connectivity index (χ4v) is 4.43. The van der Waals surface area contributed by atoms with Crippen LogP contribution in [0.4, 0.5) is 5.13 Å². The molecule has 1 aliphatic rings. The number of pyridine rings is 1. The number of nitrogens with zero attached hydrogens (tertiary/aromatic N) is 1. The van der Waals surface area contributed by atoms with E-state index in [4.69, 9.17) is 9.47 Å². The number of ether oxygens (including phenoxy) is 2. The Kier molecular flexibility index (Phi) is 4.48. The van der Waals surface area contributed by atoms with Gasteiger partial charge in [-0.05, 0) is 30.7 Å². The first-order chi connectivity index (χ1) is 14.6. The zero-order valence-corrected chi connectivity index (χ0v) is 16.8. The van der Waals surface area contributed by atoms with Crippen molar-refractivity contribution in [1.29, 1.82) is 0 Å². The highest BCUT2D eigenvalue weighted by molar-refractivity contribution is 7.15. The molecule has 2 aromatic carbocycles. The summed E-state index contributed by atoms with van der Waals surface area (Å²) in [7, 11) is 0. The summed E-state index contributed by atoms with van der Waals surface area (Å²) >= 11 is 1.42. The van der Waals surface area contributed by atoms with E-state index in [0.717, 1.165) is 27.6 Å². The number of fused-ring (bicyclic) bond motifs is 2. The summed E-state index contributed by atoms with van der Waals surface area (Å²) in [6, 6.07) is 14.4. The second kappa shape index (κ2) is 7.31. The van der Waals surface area contributed by atoms with E-state index < -0.39 is 0 Å². The molecule has 0 unspecified atom stereocenters. The molecule has 30 heavy (non-hydrogen) atoms. The first kappa shape index (κ1) is 18.4. The fraction of sp³-hybridized carbons (Fsp3) is 0.136. The average molecular weight is 419 g/mol. The SMILES string of the molecule is Cc1nc(NC(=O)c2cc(=O)[nH]c3ccccc23)sc1Cc1ccc2c(c1)OCO2. The lowest BCUT2D eigenvalue weighted by Crippen LogP contribution is -2.16. The lowest BCUT2D eigenvalue weighted by atomic mass is 10.1. The van der Waals surface area contributed by atoms with Crippen LogP contribution in [-0.2, 0) is 6.42 Å².